The van der Waals surface area contributed by atoms with E-state index in [1.807, 2.05) is 24.3 Å². The number of nitrogens with zero attached hydrogens (tertiary/aromatic N) is 2. The van der Waals surface area contributed by atoms with Crippen molar-refractivity contribution in [1.29, 1.82) is 5.26 Å². The summed E-state index contributed by atoms with van der Waals surface area (Å²) in [6.45, 7) is 2.27. The molecule has 0 saturated heterocycles. The molecule has 2 aromatic rings. The van der Waals surface area contributed by atoms with Gasteiger partial charge in [0, 0.05) is 24.5 Å². The fourth-order valence-corrected chi connectivity index (χ4v) is 4.06. The van der Waals surface area contributed by atoms with E-state index in [4.69, 9.17) is 11.5 Å². The van der Waals surface area contributed by atoms with Crippen molar-refractivity contribution in [3.05, 3.63) is 51.4 Å². The lowest BCUT2D eigenvalue weighted by Crippen LogP contribution is -2.30. The van der Waals surface area contributed by atoms with E-state index < -0.39 is 5.91 Å². The molecule has 3 rings (SSSR count). The molecule has 0 fully saturated rings. The van der Waals surface area contributed by atoms with Gasteiger partial charge in [-0.3, -0.25) is 9.69 Å². The van der Waals surface area contributed by atoms with Crippen LogP contribution in [0, 0.1) is 11.3 Å². The number of carbonyl (C=O) groups is 1. The fraction of sp³-hybridized carbons (Fsp3) is 0.250. The zero-order chi connectivity index (χ0) is 15.7. The molecule has 2 heterocycles. The van der Waals surface area contributed by atoms with Crippen LogP contribution in [-0.2, 0) is 19.5 Å². The molecule has 4 N–H and O–H groups in total. The average Bonchev–Trinajstić information content (AvgIpc) is 2.83. The number of thiophene rings is 1. The number of hydrogen-bond donors (Lipinski definition) is 2. The summed E-state index contributed by atoms with van der Waals surface area (Å²) in [7, 11) is 0. The van der Waals surface area contributed by atoms with E-state index in [0.29, 0.717) is 22.7 Å². The molecule has 0 bridgehead atoms. The van der Waals surface area contributed by atoms with Crippen LogP contribution in [0.25, 0.3) is 0 Å². The standard InChI is InChI=1S/C16H16N4OS/c17-7-10-3-1-2-4-11(10)8-20-6-5-12-13(9-20)22-16(19)14(12)15(18)21/h1-4H,5-6,8-9,19H2,(H2,18,21). The van der Waals surface area contributed by atoms with Crippen LogP contribution in [0.2, 0.25) is 0 Å². The van der Waals surface area contributed by atoms with Crippen molar-refractivity contribution in [2.75, 3.05) is 12.3 Å². The summed E-state index contributed by atoms with van der Waals surface area (Å²) in [4.78, 5) is 14.9. The molecule has 5 nitrogen and oxygen atoms in total. The van der Waals surface area contributed by atoms with Gasteiger partial charge in [0.2, 0.25) is 0 Å². The minimum atomic E-state index is -0.446. The second-order valence-electron chi connectivity index (χ2n) is 5.34. The van der Waals surface area contributed by atoms with Gasteiger partial charge in [-0.05, 0) is 23.6 Å². The van der Waals surface area contributed by atoms with Gasteiger partial charge in [0.15, 0.2) is 0 Å². The third-order valence-corrected chi connectivity index (χ3v) is 4.99. The van der Waals surface area contributed by atoms with E-state index in [2.05, 4.69) is 11.0 Å². The molecule has 0 saturated carbocycles. The summed E-state index contributed by atoms with van der Waals surface area (Å²) in [5.74, 6) is -0.446. The fourth-order valence-electron chi connectivity index (χ4n) is 2.89. The lowest BCUT2D eigenvalue weighted by atomic mass is 10.0. The van der Waals surface area contributed by atoms with Crippen LogP contribution in [0.5, 0.6) is 0 Å². The molecule has 0 spiro atoms. The molecular weight excluding hydrogens is 296 g/mol. The van der Waals surface area contributed by atoms with E-state index in [-0.39, 0.29) is 0 Å². The lowest BCUT2D eigenvalue weighted by molar-refractivity contribution is 0.1000. The number of primary amides is 1. The van der Waals surface area contributed by atoms with Crippen molar-refractivity contribution >= 4 is 22.2 Å². The number of amides is 1. The summed E-state index contributed by atoms with van der Waals surface area (Å²) < 4.78 is 0. The van der Waals surface area contributed by atoms with Crippen molar-refractivity contribution in [3.8, 4) is 6.07 Å². The average molecular weight is 312 g/mol. The van der Waals surface area contributed by atoms with Gasteiger partial charge in [-0.15, -0.1) is 11.3 Å². The van der Waals surface area contributed by atoms with E-state index in [0.717, 1.165) is 35.5 Å². The molecule has 1 aliphatic rings. The second-order valence-corrected chi connectivity index (χ2v) is 6.47. The monoisotopic (exact) mass is 312 g/mol. The molecule has 112 valence electrons. The highest BCUT2D eigenvalue weighted by Crippen LogP contribution is 2.35. The topological polar surface area (TPSA) is 96.1 Å². The van der Waals surface area contributed by atoms with Crippen LogP contribution < -0.4 is 11.5 Å². The van der Waals surface area contributed by atoms with Gasteiger partial charge in [0.05, 0.1) is 22.2 Å². The van der Waals surface area contributed by atoms with E-state index in [1.54, 1.807) is 0 Å². The van der Waals surface area contributed by atoms with Crippen molar-refractivity contribution in [1.82, 2.24) is 4.90 Å². The van der Waals surface area contributed by atoms with Crippen molar-refractivity contribution in [2.45, 2.75) is 19.5 Å². The third-order valence-electron chi connectivity index (χ3n) is 3.94. The van der Waals surface area contributed by atoms with Gasteiger partial charge in [-0.1, -0.05) is 18.2 Å². The minimum absolute atomic E-state index is 0.446. The maximum atomic E-state index is 11.5. The predicted molar refractivity (Wildman–Crippen MR) is 86.2 cm³/mol. The van der Waals surface area contributed by atoms with Crippen LogP contribution >= 0.6 is 11.3 Å². The SMILES string of the molecule is N#Cc1ccccc1CN1CCc2c(sc(N)c2C(N)=O)C1. The maximum absolute atomic E-state index is 11.5. The Hall–Kier alpha value is -2.36. The van der Waals surface area contributed by atoms with E-state index >= 15 is 0 Å². The first-order valence-corrected chi connectivity index (χ1v) is 7.82. The molecule has 0 aliphatic carbocycles. The molecule has 22 heavy (non-hydrogen) atoms. The Balaban J connectivity index is 1.82. The summed E-state index contributed by atoms with van der Waals surface area (Å²) in [5.41, 5.74) is 14.6. The number of benzene rings is 1. The Kier molecular flexibility index (Phi) is 3.84. The van der Waals surface area contributed by atoms with Crippen LogP contribution in [-0.4, -0.2) is 17.4 Å². The first-order valence-electron chi connectivity index (χ1n) is 7.00. The number of nitriles is 1. The van der Waals surface area contributed by atoms with Crippen LogP contribution in [0.1, 0.15) is 31.9 Å². The van der Waals surface area contributed by atoms with E-state index in [9.17, 15) is 10.1 Å². The molecule has 0 unspecified atom stereocenters. The molecule has 1 amide bonds. The number of rotatable bonds is 3. The first kappa shape index (κ1) is 14.6. The first-order chi connectivity index (χ1) is 10.6. The zero-order valence-corrected chi connectivity index (χ0v) is 12.8. The highest BCUT2D eigenvalue weighted by molar-refractivity contribution is 7.16. The number of hydrogen-bond acceptors (Lipinski definition) is 5. The van der Waals surface area contributed by atoms with Crippen LogP contribution in [0.15, 0.2) is 24.3 Å². The summed E-state index contributed by atoms with van der Waals surface area (Å²) in [6.07, 6.45) is 0.760. The maximum Gasteiger partial charge on any atom is 0.251 e. The number of fused-ring (bicyclic) bond motifs is 1. The summed E-state index contributed by atoms with van der Waals surface area (Å²) in [5, 5.41) is 9.68. The number of anilines is 1. The molecule has 0 radical (unpaired) electrons. The Labute approximate surface area is 132 Å². The lowest BCUT2D eigenvalue weighted by Gasteiger charge is -2.27. The smallest absolute Gasteiger partial charge is 0.251 e. The normalized spacial score (nSPS) is 14.3. The summed E-state index contributed by atoms with van der Waals surface area (Å²) in [6, 6.07) is 9.85. The second kappa shape index (κ2) is 5.79. The van der Waals surface area contributed by atoms with Gasteiger partial charge in [-0.25, -0.2) is 0 Å². The van der Waals surface area contributed by atoms with E-state index in [1.165, 1.54) is 11.3 Å². The van der Waals surface area contributed by atoms with Crippen molar-refractivity contribution in [2.24, 2.45) is 5.73 Å². The minimum Gasteiger partial charge on any atom is -0.390 e. The van der Waals surface area contributed by atoms with Crippen molar-refractivity contribution < 1.29 is 4.79 Å². The zero-order valence-electron chi connectivity index (χ0n) is 12.0. The van der Waals surface area contributed by atoms with Gasteiger partial charge in [0.25, 0.3) is 5.91 Å². The Bertz CT molecular complexity index is 775. The quantitative estimate of drug-likeness (QED) is 0.904. The highest BCUT2D eigenvalue weighted by Gasteiger charge is 2.26. The molecular formula is C16H16N4OS. The molecule has 6 heteroatoms. The van der Waals surface area contributed by atoms with Gasteiger partial charge < -0.3 is 11.5 Å². The van der Waals surface area contributed by atoms with Crippen LogP contribution in [0.3, 0.4) is 0 Å². The third kappa shape index (κ3) is 2.56. The highest BCUT2D eigenvalue weighted by atomic mass is 32.1. The Morgan fingerprint density at radius 1 is 1.41 bits per heavy atom. The molecule has 1 aromatic carbocycles. The number of carbonyl (C=O) groups excluding carboxylic acids is 1. The Morgan fingerprint density at radius 3 is 2.91 bits per heavy atom. The molecule has 1 aromatic heterocycles. The molecule has 0 atom stereocenters. The summed E-state index contributed by atoms with van der Waals surface area (Å²) >= 11 is 1.44. The largest absolute Gasteiger partial charge is 0.390 e. The predicted octanol–water partition coefficient (Wildman–Crippen LogP) is 1.86. The van der Waals surface area contributed by atoms with Gasteiger partial charge >= 0.3 is 0 Å². The number of nitrogens with two attached hydrogens (primary N) is 2. The van der Waals surface area contributed by atoms with Crippen molar-refractivity contribution in [3.63, 3.8) is 0 Å². The number of nitrogen functional groups attached to an aromatic ring is 1. The van der Waals surface area contributed by atoms with Gasteiger partial charge in [-0.2, -0.15) is 5.26 Å². The van der Waals surface area contributed by atoms with Gasteiger partial charge in [0.1, 0.15) is 0 Å². The Morgan fingerprint density at radius 2 is 2.18 bits per heavy atom. The van der Waals surface area contributed by atoms with Crippen LogP contribution in [0.4, 0.5) is 5.00 Å². The molecule has 1 aliphatic heterocycles.